The molecular formula is C19H20ClNO5S. The molecule has 3 N–H and O–H groups in total. The van der Waals surface area contributed by atoms with Gasteiger partial charge in [-0.15, -0.1) is 0 Å². The quantitative estimate of drug-likeness (QED) is 0.680. The lowest BCUT2D eigenvalue weighted by molar-refractivity contribution is -0.147. The summed E-state index contributed by atoms with van der Waals surface area (Å²) in [5.41, 5.74) is 2.06. The monoisotopic (exact) mass is 409 g/mol. The predicted molar refractivity (Wildman–Crippen MR) is 101 cm³/mol. The van der Waals surface area contributed by atoms with Crippen LogP contribution < -0.4 is 4.72 Å². The fourth-order valence-electron chi connectivity index (χ4n) is 3.50. The Balaban J connectivity index is 1.83. The van der Waals surface area contributed by atoms with Gasteiger partial charge in [-0.1, -0.05) is 35.9 Å². The molecule has 1 aliphatic carbocycles. The number of hydrogen-bond acceptors (Lipinski definition) is 4. The highest BCUT2D eigenvalue weighted by Gasteiger charge is 2.28. The first-order valence-electron chi connectivity index (χ1n) is 8.57. The van der Waals surface area contributed by atoms with Crippen molar-refractivity contribution in [1.82, 2.24) is 4.72 Å². The van der Waals surface area contributed by atoms with Gasteiger partial charge in [0, 0.05) is 11.6 Å². The minimum atomic E-state index is -3.70. The summed E-state index contributed by atoms with van der Waals surface area (Å²) < 4.78 is 27.7. The zero-order valence-electron chi connectivity index (χ0n) is 14.4. The minimum Gasteiger partial charge on any atom is -0.479 e. The van der Waals surface area contributed by atoms with Gasteiger partial charge in [0.1, 0.15) is 0 Å². The van der Waals surface area contributed by atoms with Gasteiger partial charge in [0.15, 0.2) is 6.10 Å². The first-order valence-corrected chi connectivity index (χ1v) is 10.4. The van der Waals surface area contributed by atoms with Gasteiger partial charge in [-0.05, 0) is 60.1 Å². The number of carbonyl (C=O) groups is 1. The molecule has 6 nitrogen and oxygen atoms in total. The second kappa shape index (κ2) is 7.98. The Morgan fingerprint density at radius 3 is 2.70 bits per heavy atom. The summed E-state index contributed by atoms with van der Waals surface area (Å²) >= 11 is 5.88. The number of fused-ring (bicyclic) bond motifs is 1. The molecule has 0 aliphatic heterocycles. The van der Waals surface area contributed by atoms with Crippen LogP contribution >= 0.6 is 11.6 Å². The van der Waals surface area contributed by atoms with E-state index >= 15 is 0 Å². The number of aliphatic carboxylic acids is 1. The lowest BCUT2D eigenvalue weighted by atomic mass is 9.80. The Kier molecular flexibility index (Phi) is 5.86. The van der Waals surface area contributed by atoms with Crippen molar-refractivity contribution in [3.63, 3.8) is 0 Å². The molecule has 0 saturated heterocycles. The van der Waals surface area contributed by atoms with Crippen LogP contribution in [0.3, 0.4) is 0 Å². The zero-order chi connectivity index (χ0) is 19.6. The van der Waals surface area contributed by atoms with Crippen LogP contribution in [0.2, 0.25) is 5.02 Å². The van der Waals surface area contributed by atoms with E-state index in [2.05, 4.69) is 4.72 Å². The van der Waals surface area contributed by atoms with Gasteiger partial charge in [0.2, 0.25) is 10.0 Å². The van der Waals surface area contributed by atoms with Gasteiger partial charge in [-0.3, -0.25) is 0 Å². The van der Waals surface area contributed by atoms with Gasteiger partial charge in [-0.2, -0.15) is 0 Å². The molecule has 0 fully saturated rings. The second-order valence-corrected chi connectivity index (χ2v) is 8.76. The normalized spacial score (nSPS) is 17.9. The van der Waals surface area contributed by atoms with Crippen LogP contribution in [0.1, 0.15) is 41.6 Å². The smallest absolute Gasteiger partial charge is 0.337 e. The fourth-order valence-corrected chi connectivity index (χ4v) is 4.89. The third kappa shape index (κ3) is 4.32. The van der Waals surface area contributed by atoms with Crippen LogP contribution in [-0.2, 0) is 21.2 Å². The average molecular weight is 410 g/mol. The van der Waals surface area contributed by atoms with Gasteiger partial charge < -0.3 is 10.2 Å². The molecule has 8 heteroatoms. The van der Waals surface area contributed by atoms with Crippen LogP contribution in [0, 0.1) is 0 Å². The average Bonchev–Trinajstić information content (AvgIpc) is 2.65. The van der Waals surface area contributed by atoms with Crippen LogP contribution in [0.25, 0.3) is 0 Å². The molecule has 0 saturated carbocycles. The highest BCUT2D eigenvalue weighted by Crippen LogP contribution is 2.35. The minimum absolute atomic E-state index is 0.0938. The SMILES string of the molecule is O=C(O)C(O)c1cccc2c1CCCC2CNS(=O)(=O)c1cccc(Cl)c1. The van der Waals surface area contributed by atoms with Crippen LogP contribution in [-0.4, -0.2) is 31.1 Å². The topological polar surface area (TPSA) is 104 Å². The molecule has 0 spiro atoms. The number of hydrogen-bond donors (Lipinski definition) is 3. The number of aliphatic hydroxyl groups is 1. The van der Waals surface area contributed by atoms with Gasteiger partial charge in [-0.25, -0.2) is 17.9 Å². The number of aliphatic hydroxyl groups excluding tert-OH is 1. The maximum Gasteiger partial charge on any atom is 0.337 e. The maximum absolute atomic E-state index is 12.5. The molecule has 2 aromatic carbocycles. The van der Waals surface area contributed by atoms with E-state index in [1.54, 1.807) is 24.3 Å². The summed E-state index contributed by atoms with van der Waals surface area (Å²) in [7, 11) is -3.70. The van der Waals surface area contributed by atoms with Crippen molar-refractivity contribution >= 4 is 27.6 Å². The Morgan fingerprint density at radius 1 is 1.26 bits per heavy atom. The third-order valence-electron chi connectivity index (χ3n) is 4.82. The summed E-state index contributed by atoms with van der Waals surface area (Å²) in [6.45, 7) is 0.189. The molecule has 0 amide bonds. The van der Waals surface area contributed by atoms with Crippen molar-refractivity contribution in [1.29, 1.82) is 0 Å². The Bertz CT molecular complexity index is 960. The Labute approximate surface area is 162 Å². The number of carboxylic acids is 1. The van der Waals surface area contributed by atoms with E-state index in [4.69, 9.17) is 16.7 Å². The largest absolute Gasteiger partial charge is 0.479 e. The number of sulfonamides is 1. The number of nitrogens with one attached hydrogen (secondary N) is 1. The molecule has 27 heavy (non-hydrogen) atoms. The van der Waals surface area contributed by atoms with Crippen molar-refractivity contribution in [2.24, 2.45) is 0 Å². The number of rotatable bonds is 6. The van der Waals surface area contributed by atoms with Gasteiger partial charge in [0.25, 0.3) is 0 Å². The number of halogens is 1. The molecule has 144 valence electrons. The lowest BCUT2D eigenvalue weighted by Gasteiger charge is -2.28. The summed E-state index contributed by atoms with van der Waals surface area (Å²) in [6.07, 6.45) is 0.646. The van der Waals surface area contributed by atoms with E-state index in [1.165, 1.54) is 12.1 Å². The molecule has 3 rings (SSSR count). The van der Waals surface area contributed by atoms with Crippen LogP contribution in [0.15, 0.2) is 47.4 Å². The van der Waals surface area contributed by atoms with E-state index < -0.39 is 22.1 Å². The number of carboxylic acid groups (broad SMARTS) is 1. The molecule has 2 aromatic rings. The van der Waals surface area contributed by atoms with Gasteiger partial charge >= 0.3 is 5.97 Å². The first kappa shape index (κ1) is 19.8. The molecular weight excluding hydrogens is 390 g/mol. The van der Waals surface area contributed by atoms with Crippen molar-refractivity contribution in [2.45, 2.75) is 36.2 Å². The fraction of sp³-hybridized carbons (Fsp3) is 0.316. The molecule has 2 unspecified atom stereocenters. The van der Waals surface area contributed by atoms with Crippen molar-refractivity contribution in [3.05, 3.63) is 64.2 Å². The zero-order valence-corrected chi connectivity index (χ0v) is 16.0. The summed E-state index contributed by atoms with van der Waals surface area (Å²) in [6, 6.07) is 11.2. The Morgan fingerprint density at radius 2 is 2.00 bits per heavy atom. The van der Waals surface area contributed by atoms with Crippen molar-refractivity contribution < 1.29 is 23.4 Å². The molecule has 0 aromatic heterocycles. The summed E-state index contributed by atoms with van der Waals surface area (Å²) in [5.74, 6) is -1.39. The molecule has 0 heterocycles. The van der Waals surface area contributed by atoms with E-state index in [0.717, 1.165) is 24.0 Å². The Hall–Kier alpha value is -1.93. The molecule has 0 bridgehead atoms. The maximum atomic E-state index is 12.5. The summed E-state index contributed by atoms with van der Waals surface area (Å²) in [5, 5.41) is 19.4. The first-order chi connectivity index (χ1) is 12.8. The molecule has 1 aliphatic rings. The van der Waals surface area contributed by atoms with E-state index in [-0.39, 0.29) is 17.4 Å². The van der Waals surface area contributed by atoms with Crippen molar-refractivity contribution in [3.8, 4) is 0 Å². The lowest BCUT2D eigenvalue weighted by Crippen LogP contribution is -2.30. The molecule has 2 atom stereocenters. The van der Waals surface area contributed by atoms with Crippen LogP contribution in [0.4, 0.5) is 0 Å². The van der Waals surface area contributed by atoms with Crippen molar-refractivity contribution in [2.75, 3.05) is 6.54 Å². The highest BCUT2D eigenvalue weighted by atomic mass is 35.5. The standard InChI is InChI=1S/C19H20ClNO5S/c20-13-5-2-6-14(10-13)27(25,26)21-11-12-4-1-8-16-15(12)7-3-9-17(16)18(22)19(23)24/h2-3,5-7,9-10,12,18,21-22H,1,4,8,11H2,(H,23,24). The van der Waals surface area contributed by atoms with E-state index in [1.807, 2.05) is 6.07 Å². The van der Waals surface area contributed by atoms with E-state index in [0.29, 0.717) is 17.0 Å². The van der Waals surface area contributed by atoms with E-state index in [9.17, 15) is 18.3 Å². The van der Waals surface area contributed by atoms with Crippen LogP contribution in [0.5, 0.6) is 0 Å². The molecule has 0 radical (unpaired) electrons. The predicted octanol–water partition coefficient (Wildman–Crippen LogP) is 2.86. The summed E-state index contributed by atoms with van der Waals surface area (Å²) in [4.78, 5) is 11.3. The van der Waals surface area contributed by atoms with Gasteiger partial charge in [0.05, 0.1) is 4.90 Å². The third-order valence-corrected chi connectivity index (χ3v) is 6.48. The number of benzene rings is 2. The highest BCUT2D eigenvalue weighted by molar-refractivity contribution is 7.89. The second-order valence-electron chi connectivity index (χ2n) is 6.55.